The predicted molar refractivity (Wildman–Crippen MR) is 47.8 cm³/mol. The summed E-state index contributed by atoms with van der Waals surface area (Å²) in [6.07, 6.45) is 0. The molecule has 0 aliphatic heterocycles. The minimum Gasteiger partial charge on any atom is -0.480 e. The van der Waals surface area contributed by atoms with E-state index in [0.29, 0.717) is 0 Å². The number of amides is 1. The van der Waals surface area contributed by atoms with Crippen molar-refractivity contribution in [3.8, 4) is 0 Å². The second-order valence-electron chi connectivity index (χ2n) is 2.92. The van der Waals surface area contributed by atoms with Crippen LogP contribution < -0.4 is 0 Å². The van der Waals surface area contributed by atoms with E-state index in [4.69, 9.17) is 10.2 Å². The largest absolute Gasteiger partial charge is 0.480 e. The van der Waals surface area contributed by atoms with Crippen LogP contribution in [0.4, 0.5) is 0 Å². The van der Waals surface area contributed by atoms with Crippen molar-refractivity contribution in [2.24, 2.45) is 0 Å². The van der Waals surface area contributed by atoms with Crippen molar-refractivity contribution in [1.82, 2.24) is 4.90 Å². The molecule has 82 valence electrons. The van der Waals surface area contributed by atoms with Crippen molar-refractivity contribution in [3.05, 3.63) is 0 Å². The van der Waals surface area contributed by atoms with Gasteiger partial charge in [0.2, 0.25) is 5.91 Å². The summed E-state index contributed by atoms with van der Waals surface area (Å²) in [5.41, 5.74) is 0. The van der Waals surface area contributed by atoms with E-state index >= 15 is 0 Å². The second-order valence-corrected chi connectivity index (χ2v) is 2.92. The first kappa shape index (κ1) is 12.9. The van der Waals surface area contributed by atoms with Gasteiger partial charge in [0.25, 0.3) is 0 Å². The van der Waals surface area contributed by atoms with Crippen LogP contribution in [0.15, 0.2) is 0 Å². The first-order chi connectivity index (χ1) is 6.49. The third-order valence-corrected chi connectivity index (χ3v) is 1.77. The van der Waals surface area contributed by atoms with Gasteiger partial charge in [-0.2, -0.15) is 0 Å². The smallest absolute Gasteiger partial charge is 0.329 e. The van der Waals surface area contributed by atoms with E-state index in [1.54, 1.807) is 6.92 Å². The Morgan fingerprint density at radius 3 is 2.43 bits per heavy atom. The summed E-state index contributed by atoms with van der Waals surface area (Å²) in [6.45, 7) is 0.760. The van der Waals surface area contributed by atoms with Crippen molar-refractivity contribution in [2.75, 3.05) is 26.9 Å². The number of nitrogens with zero attached hydrogens (tertiary/aromatic N) is 1. The molecular formula is C8H15NO5. The van der Waals surface area contributed by atoms with Crippen LogP contribution in [0.3, 0.4) is 0 Å². The van der Waals surface area contributed by atoms with Crippen LogP contribution >= 0.6 is 0 Å². The fourth-order valence-electron chi connectivity index (χ4n) is 0.696. The maximum atomic E-state index is 11.2. The predicted octanol–water partition coefficient (Wildman–Crippen LogP) is -1.07. The molecule has 2 N–H and O–H groups in total. The molecule has 0 fully saturated rings. The molecule has 0 aliphatic rings. The fraction of sp³-hybridized carbons (Fsp3) is 0.750. The molecule has 1 atom stereocenters. The van der Waals surface area contributed by atoms with E-state index < -0.39 is 12.6 Å². The molecule has 0 bridgehead atoms. The van der Waals surface area contributed by atoms with Gasteiger partial charge in [0.1, 0.15) is 13.2 Å². The second kappa shape index (κ2) is 6.33. The van der Waals surface area contributed by atoms with Gasteiger partial charge in [-0.25, -0.2) is 4.79 Å². The average Bonchev–Trinajstić information content (AvgIpc) is 2.14. The molecule has 0 spiro atoms. The highest BCUT2D eigenvalue weighted by molar-refractivity contribution is 5.78. The Bertz CT molecular complexity index is 206. The summed E-state index contributed by atoms with van der Waals surface area (Å²) in [5, 5.41) is 17.0. The highest BCUT2D eigenvalue weighted by atomic mass is 16.5. The molecular weight excluding hydrogens is 190 g/mol. The monoisotopic (exact) mass is 205 g/mol. The van der Waals surface area contributed by atoms with Crippen LogP contribution in [-0.2, 0) is 14.3 Å². The van der Waals surface area contributed by atoms with Crippen LogP contribution in [0.25, 0.3) is 0 Å². The van der Waals surface area contributed by atoms with Crippen molar-refractivity contribution >= 4 is 11.9 Å². The Balaban J connectivity index is 3.78. The highest BCUT2D eigenvalue weighted by Crippen LogP contribution is 1.95. The lowest BCUT2D eigenvalue weighted by Gasteiger charge is -2.22. The third kappa shape index (κ3) is 4.78. The van der Waals surface area contributed by atoms with Gasteiger partial charge >= 0.3 is 5.97 Å². The number of aliphatic hydroxyl groups excluding tert-OH is 1. The Morgan fingerprint density at radius 2 is 2.00 bits per heavy atom. The first-order valence-corrected chi connectivity index (χ1v) is 4.15. The van der Waals surface area contributed by atoms with Gasteiger partial charge < -0.3 is 19.8 Å². The zero-order valence-corrected chi connectivity index (χ0v) is 8.27. The van der Waals surface area contributed by atoms with Crippen LogP contribution in [0.1, 0.15) is 6.92 Å². The van der Waals surface area contributed by atoms with Gasteiger partial charge in [-0.05, 0) is 6.92 Å². The summed E-state index contributed by atoms with van der Waals surface area (Å²) in [4.78, 5) is 22.6. The number of rotatable bonds is 6. The van der Waals surface area contributed by atoms with E-state index in [2.05, 4.69) is 4.74 Å². The Kier molecular flexibility index (Phi) is 5.82. The fourth-order valence-corrected chi connectivity index (χ4v) is 0.696. The number of hydrogen-bond donors (Lipinski definition) is 2. The van der Waals surface area contributed by atoms with Crippen molar-refractivity contribution in [1.29, 1.82) is 0 Å². The summed E-state index contributed by atoms with van der Waals surface area (Å²) in [6, 6.07) is -0.295. The minimum atomic E-state index is -1.12. The number of carbonyl (C=O) groups is 2. The van der Waals surface area contributed by atoms with Crippen LogP contribution in [0.5, 0.6) is 0 Å². The van der Waals surface area contributed by atoms with E-state index in [1.165, 1.54) is 11.9 Å². The summed E-state index contributed by atoms with van der Waals surface area (Å²) < 4.78 is 4.60. The number of ether oxygens (including phenoxy) is 1. The molecule has 0 aliphatic carbocycles. The van der Waals surface area contributed by atoms with Crippen LogP contribution in [-0.4, -0.2) is 59.9 Å². The molecule has 0 aromatic carbocycles. The third-order valence-electron chi connectivity index (χ3n) is 1.77. The van der Waals surface area contributed by atoms with E-state index in [-0.39, 0.29) is 25.2 Å². The lowest BCUT2D eigenvalue weighted by Crippen LogP contribution is -2.39. The number of carbonyl (C=O) groups excluding carboxylic acids is 1. The maximum absolute atomic E-state index is 11.2. The maximum Gasteiger partial charge on any atom is 0.329 e. The van der Waals surface area contributed by atoms with Gasteiger partial charge in [-0.15, -0.1) is 0 Å². The SMILES string of the molecule is CC(CO)N(C)C(=O)COCC(=O)O. The lowest BCUT2D eigenvalue weighted by atomic mass is 10.3. The molecule has 6 heteroatoms. The van der Waals surface area contributed by atoms with Crippen molar-refractivity contribution < 1.29 is 24.5 Å². The Labute approximate surface area is 82.1 Å². The molecule has 0 heterocycles. The first-order valence-electron chi connectivity index (χ1n) is 4.15. The standard InChI is InChI=1S/C8H15NO5/c1-6(3-10)9(2)7(11)4-14-5-8(12)13/h6,10H,3-5H2,1-2H3,(H,12,13). The molecule has 0 aromatic heterocycles. The van der Waals surface area contributed by atoms with Crippen molar-refractivity contribution in [2.45, 2.75) is 13.0 Å². The van der Waals surface area contributed by atoms with E-state index in [1.807, 2.05) is 0 Å². The van der Waals surface area contributed by atoms with Gasteiger partial charge in [0.05, 0.1) is 12.6 Å². The Hall–Kier alpha value is -1.14. The summed E-state index contributed by atoms with van der Waals surface area (Å²) in [7, 11) is 1.52. The van der Waals surface area contributed by atoms with E-state index in [0.717, 1.165) is 0 Å². The number of carboxylic acid groups (broad SMARTS) is 1. The lowest BCUT2D eigenvalue weighted by molar-refractivity contribution is -0.146. The summed E-state index contributed by atoms with van der Waals surface area (Å²) in [5.74, 6) is -1.47. The van der Waals surface area contributed by atoms with E-state index in [9.17, 15) is 9.59 Å². The van der Waals surface area contributed by atoms with Gasteiger partial charge in [-0.3, -0.25) is 4.79 Å². The highest BCUT2D eigenvalue weighted by Gasteiger charge is 2.14. The van der Waals surface area contributed by atoms with Gasteiger partial charge in [-0.1, -0.05) is 0 Å². The zero-order valence-electron chi connectivity index (χ0n) is 8.27. The molecule has 0 rings (SSSR count). The molecule has 0 radical (unpaired) electrons. The molecule has 14 heavy (non-hydrogen) atoms. The quantitative estimate of drug-likeness (QED) is 0.576. The zero-order chi connectivity index (χ0) is 11.1. The number of hydrogen-bond acceptors (Lipinski definition) is 4. The number of carboxylic acids is 1. The number of aliphatic hydroxyl groups is 1. The Morgan fingerprint density at radius 1 is 1.43 bits per heavy atom. The van der Waals surface area contributed by atoms with Crippen LogP contribution in [0, 0.1) is 0 Å². The topological polar surface area (TPSA) is 87.1 Å². The van der Waals surface area contributed by atoms with Gasteiger partial charge in [0, 0.05) is 7.05 Å². The molecule has 0 saturated carbocycles. The van der Waals surface area contributed by atoms with Gasteiger partial charge in [0.15, 0.2) is 0 Å². The summed E-state index contributed by atoms with van der Waals surface area (Å²) >= 11 is 0. The molecule has 1 unspecified atom stereocenters. The molecule has 0 saturated heterocycles. The molecule has 0 aromatic rings. The van der Waals surface area contributed by atoms with Crippen molar-refractivity contribution in [3.63, 3.8) is 0 Å². The number of aliphatic carboxylic acids is 1. The normalized spacial score (nSPS) is 12.2. The minimum absolute atomic E-state index is 0.138. The molecule has 6 nitrogen and oxygen atoms in total. The number of likely N-dealkylation sites (N-methyl/N-ethyl adjacent to an activating group) is 1. The average molecular weight is 205 g/mol. The van der Waals surface area contributed by atoms with Crippen LogP contribution in [0.2, 0.25) is 0 Å². The molecule has 1 amide bonds.